The van der Waals surface area contributed by atoms with Gasteiger partial charge in [0.15, 0.2) is 5.65 Å². The number of aromatic nitrogens is 2. The van der Waals surface area contributed by atoms with Crippen LogP contribution in [0.3, 0.4) is 0 Å². The van der Waals surface area contributed by atoms with Crippen LogP contribution < -0.4 is 5.32 Å². The van der Waals surface area contributed by atoms with E-state index in [4.69, 9.17) is 16.7 Å². The largest absolute Gasteiger partial charge is 0.465 e. The summed E-state index contributed by atoms with van der Waals surface area (Å²) in [4.78, 5) is 20.7. The number of nitrogens with one attached hydrogen (secondary N) is 1. The maximum absolute atomic E-state index is 10.9. The number of likely N-dealkylation sites (tertiary alicyclic amines) is 1. The van der Waals surface area contributed by atoms with Gasteiger partial charge in [-0.15, -0.1) is 0 Å². The molecular formula is C13H13ClN4O2. The van der Waals surface area contributed by atoms with E-state index in [1.54, 1.807) is 12.3 Å². The van der Waals surface area contributed by atoms with Crippen molar-refractivity contribution in [1.29, 1.82) is 0 Å². The van der Waals surface area contributed by atoms with Gasteiger partial charge in [0, 0.05) is 24.5 Å². The van der Waals surface area contributed by atoms with E-state index in [1.165, 1.54) is 4.90 Å². The van der Waals surface area contributed by atoms with E-state index in [-0.39, 0.29) is 6.04 Å². The Balaban J connectivity index is 1.75. The summed E-state index contributed by atoms with van der Waals surface area (Å²) in [5, 5.41) is 13.5. The fraction of sp³-hybridized carbons (Fsp3) is 0.308. The Bertz CT molecular complexity index is 664. The molecular weight excluding hydrogens is 280 g/mol. The topological polar surface area (TPSA) is 78.4 Å². The summed E-state index contributed by atoms with van der Waals surface area (Å²) in [6.07, 6.45) is 1.61. The number of carboxylic acid groups (broad SMARTS) is 1. The van der Waals surface area contributed by atoms with Gasteiger partial charge in [-0.25, -0.2) is 14.8 Å². The van der Waals surface area contributed by atoms with Crippen molar-refractivity contribution in [3.05, 3.63) is 29.5 Å². The Hall–Kier alpha value is -2.08. The number of fused-ring (bicyclic) bond motifs is 1. The van der Waals surface area contributed by atoms with Crippen molar-refractivity contribution in [3.8, 4) is 0 Å². The third-order valence-electron chi connectivity index (χ3n) is 3.34. The van der Waals surface area contributed by atoms with Gasteiger partial charge in [0.2, 0.25) is 0 Å². The summed E-state index contributed by atoms with van der Waals surface area (Å²) in [5.41, 5.74) is 1.46. The van der Waals surface area contributed by atoms with Crippen LogP contribution in [0.15, 0.2) is 24.4 Å². The molecule has 2 aromatic heterocycles. The van der Waals surface area contributed by atoms with Crippen molar-refractivity contribution in [1.82, 2.24) is 14.9 Å². The summed E-state index contributed by atoms with van der Waals surface area (Å²) in [5.74, 6) is 0. The summed E-state index contributed by atoms with van der Waals surface area (Å²) >= 11 is 5.81. The first kappa shape index (κ1) is 12.9. The van der Waals surface area contributed by atoms with Gasteiger partial charge in [-0.3, -0.25) is 0 Å². The molecule has 20 heavy (non-hydrogen) atoms. The van der Waals surface area contributed by atoms with Crippen LogP contribution >= 0.6 is 11.6 Å². The molecule has 7 heteroatoms. The van der Waals surface area contributed by atoms with Gasteiger partial charge in [-0.2, -0.15) is 0 Å². The molecule has 0 bridgehead atoms. The summed E-state index contributed by atoms with van der Waals surface area (Å²) in [6, 6.07) is 5.64. The Morgan fingerprint density at radius 2 is 2.35 bits per heavy atom. The van der Waals surface area contributed by atoms with Crippen LogP contribution in [0.2, 0.25) is 5.15 Å². The van der Waals surface area contributed by atoms with E-state index in [9.17, 15) is 4.79 Å². The van der Waals surface area contributed by atoms with Crippen molar-refractivity contribution >= 4 is 34.4 Å². The monoisotopic (exact) mass is 292 g/mol. The molecule has 2 aromatic rings. The lowest BCUT2D eigenvalue weighted by molar-refractivity contribution is 0.155. The minimum atomic E-state index is -0.871. The maximum Gasteiger partial charge on any atom is 0.407 e. The van der Waals surface area contributed by atoms with Crippen LogP contribution in [0.25, 0.3) is 11.0 Å². The highest BCUT2D eigenvalue weighted by molar-refractivity contribution is 6.29. The van der Waals surface area contributed by atoms with Crippen LogP contribution in [0, 0.1) is 0 Å². The van der Waals surface area contributed by atoms with E-state index in [0.29, 0.717) is 23.9 Å². The Morgan fingerprint density at radius 3 is 3.10 bits per heavy atom. The molecule has 3 heterocycles. The van der Waals surface area contributed by atoms with E-state index in [1.807, 2.05) is 12.1 Å². The molecule has 2 N–H and O–H groups in total. The number of anilines is 1. The molecule has 1 fully saturated rings. The Kier molecular flexibility index (Phi) is 3.31. The third kappa shape index (κ3) is 2.60. The molecule has 6 nitrogen and oxygen atoms in total. The molecule has 1 saturated heterocycles. The summed E-state index contributed by atoms with van der Waals surface area (Å²) in [6.45, 7) is 1.05. The molecule has 1 amide bonds. The van der Waals surface area contributed by atoms with Gasteiger partial charge in [0.25, 0.3) is 0 Å². The first-order valence-electron chi connectivity index (χ1n) is 6.28. The molecule has 3 rings (SSSR count). The van der Waals surface area contributed by atoms with Crippen LogP contribution in [0.5, 0.6) is 0 Å². The highest BCUT2D eigenvalue weighted by atomic mass is 35.5. The minimum absolute atomic E-state index is 0.116. The molecule has 1 aliphatic heterocycles. The summed E-state index contributed by atoms with van der Waals surface area (Å²) in [7, 11) is 0. The van der Waals surface area contributed by atoms with Crippen molar-refractivity contribution in [2.75, 3.05) is 18.4 Å². The average molecular weight is 293 g/mol. The second kappa shape index (κ2) is 5.13. The predicted octanol–water partition coefficient (Wildman–Crippen LogP) is 2.45. The van der Waals surface area contributed by atoms with Gasteiger partial charge < -0.3 is 15.3 Å². The van der Waals surface area contributed by atoms with Gasteiger partial charge in [0.1, 0.15) is 5.15 Å². The number of hydrogen-bond donors (Lipinski definition) is 2. The Labute approximate surface area is 120 Å². The highest BCUT2D eigenvalue weighted by Crippen LogP contribution is 2.20. The normalized spacial score (nSPS) is 18.4. The van der Waals surface area contributed by atoms with Crippen LogP contribution in [-0.4, -0.2) is 45.2 Å². The molecule has 104 valence electrons. The number of halogens is 1. The molecule has 0 aliphatic carbocycles. The van der Waals surface area contributed by atoms with E-state index in [2.05, 4.69) is 15.3 Å². The molecule has 1 aliphatic rings. The van der Waals surface area contributed by atoms with E-state index >= 15 is 0 Å². The third-order valence-corrected chi connectivity index (χ3v) is 3.55. The zero-order chi connectivity index (χ0) is 14.1. The quantitative estimate of drug-likeness (QED) is 0.831. The van der Waals surface area contributed by atoms with Crippen molar-refractivity contribution in [3.63, 3.8) is 0 Å². The molecule has 0 radical (unpaired) electrons. The van der Waals surface area contributed by atoms with Crippen LogP contribution in [0.4, 0.5) is 10.5 Å². The smallest absolute Gasteiger partial charge is 0.407 e. The van der Waals surface area contributed by atoms with Crippen molar-refractivity contribution in [2.45, 2.75) is 12.5 Å². The van der Waals surface area contributed by atoms with Crippen LogP contribution in [-0.2, 0) is 0 Å². The lowest BCUT2D eigenvalue weighted by atomic mass is 10.2. The fourth-order valence-electron chi connectivity index (χ4n) is 2.35. The second-order valence-electron chi connectivity index (χ2n) is 4.76. The predicted molar refractivity (Wildman–Crippen MR) is 76.2 cm³/mol. The van der Waals surface area contributed by atoms with E-state index in [0.717, 1.165) is 17.5 Å². The summed E-state index contributed by atoms with van der Waals surface area (Å²) < 4.78 is 0. The molecule has 1 atom stereocenters. The minimum Gasteiger partial charge on any atom is -0.465 e. The van der Waals surface area contributed by atoms with E-state index < -0.39 is 6.09 Å². The van der Waals surface area contributed by atoms with Gasteiger partial charge >= 0.3 is 6.09 Å². The molecule has 0 saturated carbocycles. The maximum atomic E-state index is 10.9. The van der Waals surface area contributed by atoms with Gasteiger partial charge in [0.05, 0.1) is 11.9 Å². The SMILES string of the molecule is O=C(O)N1CC[C@H](Nc2cnc3nc(Cl)ccc3c2)C1. The van der Waals surface area contributed by atoms with Crippen LogP contribution in [0.1, 0.15) is 6.42 Å². The first-order valence-corrected chi connectivity index (χ1v) is 6.66. The molecule has 0 spiro atoms. The number of pyridine rings is 2. The number of rotatable bonds is 2. The number of carbonyl (C=O) groups is 1. The zero-order valence-corrected chi connectivity index (χ0v) is 11.3. The number of hydrogen-bond acceptors (Lipinski definition) is 4. The lowest BCUT2D eigenvalue weighted by Gasteiger charge is -2.15. The fourth-order valence-corrected chi connectivity index (χ4v) is 2.50. The lowest BCUT2D eigenvalue weighted by Crippen LogP contribution is -2.30. The first-order chi connectivity index (χ1) is 9.61. The number of amides is 1. The standard InChI is InChI=1S/C13H13ClN4O2/c14-11-2-1-8-5-10(6-15-12(8)17-11)16-9-3-4-18(7-9)13(19)20/h1-2,5-6,9,16H,3-4,7H2,(H,19,20)/t9-/m0/s1. The zero-order valence-electron chi connectivity index (χ0n) is 10.6. The van der Waals surface area contributed by atoms with Crippen molar-refractivity contribution in [2.24, 2.45) is 0 Å². The van der Waals surface area contributed by atoms with Crippen molar-refractivity contribution < 1.29 is 9.90 Å². The Morgan fingerprint density at radius 1 is 1.50 bits per heavy atom. The average Bonchev–Trinajstić information content (AvgIpc) is 2.88. The molecule has 0 unspecified atom stereocenters. The second-order valence-corrected chi connectivity index (χ2v) is 5.15. The van der Waals surface area contributed by atoms with Gasteiger partial charge in [-0.05, 0) is 24.6 Å². The number of nitrogens with zero attached hydrogens (tertiary/aromatic N) is 3. The van der Waals surface area contributed by atoms with Gasteiger partial charge in [-0.1, -0.05) is 11.6 Å². The highest BCUT2D eigenvalue weighted by Gasteiger charge is 2.25. The molecule has 0 aromatic carbocycles.